The molecule has 3 aromatic rings. The van der Waals surface area contributed by atoms with Gasteiger partial charge >= 0.3 is 0 Å². The number of hydrogen-bond donors (Lipinski definition) is 2. The quantitative estimate of drug-likeness (QED) is 0.587. The van der Waals surface area contributed by atoms with E-state index in [4.69, 9.17) is 0 Å². The van der Waals surface area contributed by atoms with Crippen LogP contribution in [0.25, 0.3) is 21.3 Å². The molecule has 0 radical (unpaired) electrons. The zero-order valence-corrected chi connectivity index (χ0v) is 8.22. The van der Waals surface area contributed by atoms with Crippen molar-refractivity contribution >= 4 is 32.8 Å². The first kappa shape index (κ1) is 8.37. The third-order valence-electron chi connectivity index (χ3n) is 2.21. The van der Waals surface area contributed by atoms with E-state index in [1.165, 1.54) is 0 Å². The summed E-state index contributed by atoms with van der Waals surface area (Å²) in [6, 6.07) is 3.32. The predicted molar refractivity (Wildman–Crippen MR) is 58.4 cm³/mol. The van der Waals surface area contributed by atoms with Crippen LogP contribution in [0, 0.1) is 0 Å². The molecule has 0 aliphatic rings. The highest BCUT2D eigenvalue weighted by Crippen LogP contribution is 2.11. The van der Waals surface area contributed by atoms with Gasteiger partial charge in [-0.05, 0) is 23.7 Å². The van der Waals surface area contributed by atoms with E-state index in [1.54, 1.807) is 18.3 Å². The molecule has 15 heavy (non-hydrogen) atoms. The Bertz CT molecular complexity index is 768. The minimum Gasteiger partial charge on any atom is -0.329 e. The highest BCUT2D eigenvalue weighted by Gasteiger charge is 2.10. The van der Waals surface area contributed by atoms with Crippen molar-refractivity contribution in [2.45, 2.75) is 0 Å². The van der Waals surface area contributed by atoms with Crippen molar-refractivity contribution < 1.29 is 0 Å². The van der Waals surface area contributed by atoms with E-state index in [9.17, 15) is 9.59 Å². The van der Waals surface area contributed by atoms with Gasteiger partial charge in [-0.15, -0.1) is 0 Å². The van der Waals surface area contributed by atoms with Crippen molar-refractivity contribution in [3.63, 3.8) is 0 Å². The fraction of sp³-hybridized carbons (Fsp3) is 0. The summed E-state index contributed by atoms with van der Waals surface area (Å²) in [4.78, 5) is 30.8. The third-order valence-corrected chi connectivity index (χ3v) is 3.01. The molecule has 0 spiro atoms. The molecule has 3 heterocycles. The molecule has 0 unspecified atom stereocenters. The third kappa shape index (κ3) is 1.05. The van der Waals surface area contributed by atoms with Crippen LogP contribution in [0.3, 0.4) is 0 Å². The number of H-pyrrole nitrogens is 2. The molecule has 74 valence electrons. The number of aromatic nitrogens is 3. The van der Waals surface area contributed by atoms with Gasteiger partial charge in [0.15, 0.2) is 0 Å². The molecular weight excluding hydrogens is 214 g/mol. The molecule has 6 heteroatoms. The monoisotopic (exact) mass is 219 g/mol. The molecule has 2 N–H and O–H groups in total. The van der Waals surface area contributed by atoms with Crippen LogP contribution >= 0.6 is 11.5 Å². The predicted octanol–water partition coefficient (Wildman–Crippen LogP) is 0.826. The van der Waals surface area contributed by atoms with Crippen LogP contribution in [0.5, 0.6) is 0 Å². The van der Waals surface area contributed by atoms with Crippen molar-refractivity contribution in [2.75, 3.05) is 0 Å². The minimum atomic E-state index is -0.345. The van der Waals surface area contributed by atoms with Gasteiger partial charge in [-0.2, -0.15) is 0 Å². The first-order chi connectivity index (χ1) is 7.27. The first-order valence-electron chi connectivity index (χ1n) is 4.25. The summed E-state index contributed by atoms with van der Waals surface area (Å²) in [6.07, 6.45) is 1.60. The Morgan fingerprint density at radius 2 is 2.20 bits per heavy atom. The summed E-state index contributed by atoms with van der Waals surface area (Å²) in [5, 5.41) is 0.620. The second kappa shape index (κ2) is 2.77. The molecule has 0 fully saturated rings. The highest BCUT2D eigenvalue weighted by molar-refractivity contribution is 7.12. The zero-order chi connectivity index (χ0) is 10.4. The molecule has 3 rings (SSSR count). The Hall–Kier alpha value is -1.95. The molecule has 0 amide bonds. The van der Waals surface area contributed by atoms with Gasteiger partial charge in [-0.1, -0.05) is 0 Å². The van der Waals surface area contributed by atoms with E-state index in [0.29, 0.717) is 15.9 Å². The molecule has 0 aliphatic heterocycles. The molecule has 0 saturated heterocycles. The van der Waals surface area contributed by atoms with Crippen molar-refractivity contribution in [3.8, 4) is 0 Å². The maximum atomic E-state index is 11.9. The van der Waals surface area contributed by atoms with Crippen LogP contribution in [-0.4, -0.2) is 14.3 Å². The summed E-state index contributed by atoms with van der Waals surface area (Å²) in [5.74, 6) is 0. The number of nitrogens with one attached hydrogen (secondary N) is 2. The van der Waals surface area contributed by atoms with Gasteiger partial charge in [0.25, 0.3) is 5.56 Å². The summed E-state index contributed by atoms with van der Waals surface area (Å²) < 4.78 is 2.52. The standard InChI is InChI=1S/C9H5N3O2S/c13-6-4-2-1-3-10-7(4)11-9-5(6)8(14)12-15-9/h1-3H,(H,12,14)(H,10,11,13). The van der Waals surface area contributed by atoms with Crippen LogP contribution in [0.15, 0.2) is 27.9 Å². The molecule has 0 aromatic carbocycles. The van der Waals surface area contributed by atoms with Gasteiger partial charge in [0.1, 0.15) is 15.9 Å². The average Bonchev–Trinajstić information content (AvgIpc) is 2.61. The Morgan fingerprint density at radius 1 is 1.33 bits per heavy atom. The molecular formula is C9H5N3O2S. The minimum absolute atomic E-state index is 0.181. The lowest BCUT2D eigenvalue weighted by molar-refractivity contribution is 1.33. The number of nitrogens with zero attached hydrogens (tertiary/aromatic N) is 1. The maximum absolute atomic E-state index is 11.9. The largest absolute Gasteiger partial charge is 0.329 e. The summed E-state index contributed by atoms with van der Waals surface area (Å²) in [6.45, 7) is 0. The topological polar surface area (TPSA) is 78.6 Å². The van der Waals surface area contributed by atoms with Crippen LogP contribution in [0.1, 0.15) is 0 Å². The van der Waals surface area contributed by atoms with Crippen molar-refractivity contribution in [1.82, 2.24) is 14.3 Å². The van der Waals surface area contributed by atoms with Gasteiger partial charge < -0.3 is 4.98 Å². The normalized spacial score (nSPS) is 11.2. The Kier molecular flexibility index (Phi) is 1.54. The van der Waals surface area contributed by atoms with Gasteiger partial charge in [0, 0.05) is 6.20 Å². The van der Waals surface area contributed by atoms with E-state index >= 15 is 0 Å². The van der Waals surface area contributed by atoms with Crippen LogP contribution < -0.4 is 11.0 Å². The number of pyridine rings is 2. The Morgan fingerprint density at radius 3 is 3.07 bits per heavy atom. The number of fused-ring (bicyclic) bond motifs is 2. The molecule has 0 bridgehead atoms. The van der Waals surface area contributed by atoms with E-state index in [-0.39, 0.29) is 16.4 Å². The number of aromatic amines is 2. The lowest BCUT2D eigenvalue weighted by Gasteiger charge is -1.94. The van der Waals surface area contributed by atoms with E-state index < -0.39 is 0 Å². The number of rotatable bonds is 0. The lowest BCUT2D eigenvalue weighted by Crippen LogP contribution is -2.11. The maximum Gasteiger partial charge on any atom is 0.271 e. The van der Waals surface area contributed by atoms with Crippen LogP contribution in [0.4, 0.5) is 0 Å². The van der Waals surface area contributed by atoms with E-state index in [1.807, 2.05) is 0 Å². The first-order valence-corrected chi connectivity index (χ1v) is 5.07. The van der Waals surface area contributed by atoms with Crippen molar-refractivity contribution in [1.29, 1.82) is 0 Å². The van der Waals surface area contributed by atoms with E-state index in [0.717, 1.165) is 11.5 Å². The van der Waals surface area contributed by atoms with Gasteiger partial charge in [0.2, 0.25) is 5.43 Å². The molecule has 3 aromatic heterocycles. The fourth-order valence-electron chi connectivity index (χ4n) is 1.53. The fourth-order valence-corrected chi connectivity index (χ4v) is 2.26. The van der Waals surface area contributed by atoms with Gasteiger partial charge in [0.05, 0.1) is 5.39 Å². The highest BCUT2D eigenvalue weighted by atomic mass is 32.1. The molecule has 0 aliphatic carbocycles. The smallest absolute Gasteiger partial charge is 0.271 e. The Balaban J connectivity index is 2.75. The lowest BCUT2D eigenvalue weighted by atomic mass is 10.2. The molecule has 5 nitrogen and oxygen atoms in total. The number of hydrogen-bond acceptors (Lipinski definition) is 4. The second-order valence-electron chi connectivity index (χ2n) is 3.09. The van der Waals surface area contributed by atoms with Crippen molar-refractivity contribution in [3.05, 3.63) is 38.9 Å². The summed E-state index contributed by atoms with van der Waals surface area (Å²) in [5.41, 5.74) is -0.110. The zero-order valence-electron chi connectivity index (χ0n) is 7.40. The summed E-state index contributed by atoms with van der Waals surface area (Å²) >= 11 is 1.11. The van der Waals surface area contributed by atoms with E-state index in [2.05, 4.69) is 14.3 Å². The average molecular weight is 219 g/mol. The van der Waals surface area contributed by atoms with Crippen LogP contribution in [0.2, 0.25) is 0 Å². The van der Waals surface area contributed by atoms with Gasteiger partial charge in [-0.25, -0.2) is 4.98 Å². The summed E-state index contributed by atoms with van der Waals surface area (Å²) in [7, 11) is 0. The van der Waals surface area contributed by atoms with Crippen LogP contribution in [-0.2, 0) is 0 Å². The molecule has 0 saturated carbocycles. The van der Waals surface area contributed by atoms with Gasteiger partial charge in [-0.3, -0.25) is 14.0 Å². The second-order valence-corrected chi connectivity index (χ2v) is 3.91. The molecule has 0 atom stereocenters. The Labute approximate surface area is 86.6 Å². The van der Waals surface area contributed by atoms with Crippen molar-refractivity contribution in [2.24, 2.45) is 0 Å². The SMILES string of the molecule is O=c1[nH]sc2[nH]c3ncccc3c(=O)c12.